The van der Waals surface area contributed by atoms with Gasteiger partial charge in [-0.2, -0.15) is 0 Å². The number of fused-ring (bicyclic) bond motifs is 1. The summed E-state index contributed by atoms with van der Waals surface area (Å²) in [6.45, 7) is 2.09. The maximum absolute atomic E-state index is 11.4. The maximum atomic E-state index is 11.4. The van der Waals surface area contributed by atoms with Gasteiger partial charge in [0, 0.05) is 25.1 Å². The van der Waals surface area contributed by atoms with Gasteiger partial charge in [0.1, 0.15) is 12.0 Å². The molecule has 1 heterocycles. The molecule has 0 aliphatic rings. The van der Waals surface area contributed by atoms with Crippen LogP contribution in [-0.2, 0) is 22.1 Å². The molecule has 126 valence electrons. The average Bonchev–Trinajstić information content (AvgIpc) is 2.73. The number of rotatable bonds is 6. The first-order valence-corrected chi connectivity index (χ1v) is 8.95. The highest BCUT2D eigenvalue weighted by molar-refractivity contribution is 7.50. The van der Waals surface area contributed by atoms with Crippen LogP contribution < -0.4 is 4.74 Å². The zero-order valence-corrected chi connectivity index (χ0v) is 14.3. The highest BCUT2D eigenvalue weighted by atomic mass is 31.2. The van der Waals surface area contributed by atoms with Crippen LogP contribution in [0.5, 0.6) is 5.75 Å². The van der Waals surface area contributed by atoms with Gasteiger partial charge in [-0.15, -0.1) is 0 Å². The highest BCUT2D eigenvalue weighted by Crippen LogP contribution is 2.40. The van der Waals surface area contributed by atoms with E-state index in [1.54, 1.807) is 24.4 Å². The first kappa shape index (κ1) is 17.7. The number of nitrogens with zero attached hydrogens (tertiary/aromatic N) is 2. The smallest absolute Gasteiger partial charge is 0.345 e. The van der Waals surface area contributed by atoms with Crippen LogP contribution in [0.15, 0.2) is 24.4 Å². The minimum Gasteiger partial charge on any atom is -0.426 e. The van der Waals surface area contributed by atoms with Crippen molar-refractivity contribution in [3.63, 3.8) is 0 Å². The molecule has 0 fully saturated rings. The van der Waals surface area contributed by atoms with Gasteiger partial charge in [0.05, 0.1) is 5.52 Å². The van der Waals surface area contributed by atoms with E-state index in [4.69, 9.17) is 4.74 Å². The highest BCUT2D eigenvalue weighted by Gasteiger charge is 2.20. The molecule has 1 aromatic carbocycles. The average molecular weight is 340 g/mol. The van der Waals surface area contributed by atoms with E-state index in [0.29, 0.717) is 17.7 Å². The Kier molecular flexibility index (Phi) is 5.26. The number of aromatic nitrogens is 1. The molecule has 7 nitrogen and oxygen atoms in total. The van der Waals surface area contributed by atoms with Gasteiger partial charge in [0.25, 0.3) is 0 Å². The molecule has 0 saturated carbocycles. The summed E-state index contributed by atoms with van der Waals surface area (Å²) >= 11 is 0. The van der Waals surface area contributed by atoms with Crippen LogP contribution in [0.25, 0.3) is 10.9 Å². The van der Waals surface area contributed by atoms with E-state index >= 15 is 0 Å². The van der Waals surface area contributed by atoms with Gasteiger partial charge in [0.15, 0.2) is 0 Å². The van der Waals surface area contributed by atoms with Crippen molar-refractivity contribution < 1.29 is 23.9 Å². The molecule has 1 aromatic heterocycles. The number of hydrogen-bond donors (Lipinski definition) is 2. The number of carbonyl (C=O) groups is 1. The second-order valence-electron chi connectivity index (χ2n) is 5.73. The molecule has 23 heavy (non-hydrogen) atoms. The molecule has 2 aromatic rings. The van der Waals surface area contributed by atoms with Crippen molar-refractivity contribution in [2.75, 3.05) is 20.6 Å². The molecule has 0 saturated heterocycles. The first-order chi connectivity index (χ1) is 10.7. The Hall–Kier alpha value is -1.66. The Bertz CT molecular complexity index is 763. The third-order valence-corrected chi connectivity index (χ3v) is 4.04. The van der Waals surface area contributed by atoms with Crippen LogP contribution >= 0.6 is 7.60 Å². The molecule has 0 amide bonds. The molecule has 0 bridgehead atoms. The number of esters is 1. The monoisotopic (exact) mass is 340 g/mol. The minimum absolute atomic E-state index is 0.408. The lowest BCUT2D eigenvalue weighted by Gasteiger charge is -2.09. The van der Waals surface area contributed by atoms with Crippen molar-refractivity contribution >= 4 is 24.5 Å². The van der Waals surface area contributed by atoms with Crippen molar-refractivity contribution in [3.8, 4) is 5.75 Å². The van der Waals surface area contributed by atoms with E-state index in [1.807, 2.05) is 19.0 Å². The Morgan fingerprint density at radius 3 is 2.61 bits per heavy atom. The van der Waals surface area contributed by atoms with Crippen molar-refractivity contribution in [1.82, 2.24) is 9.47 Å². The Balaban J connectivity index is 2.56. The fourth-order valence-electron chi connectivity index (χ4n) is 2.49. The van der Waals surface area contributed by atoms with Crippen LogP contribution in [0.2, 0.25) is 0 Å². The molecule has 0 aliphatic carbocycles. The lowest BCUT2D eigenvalue weighted by Crippen LogP contribution is -2.15. The predicted octanol–water partition coefficient (Wildman–Crippen LogP) is 1.81. The summed E-state index contributed by atoms with van der Waals surface area (Å²) < 4.78 is 18.1. The van der Waals surface area contributed by atoms with Gasteiger partial charge in [-0.1, -0.05) is 6.07 Å². The van der Waals surface area contributed by atoms with Crippen molar-refractivity contribution in [2.45, 2.75) is 19.6 Å². The van der Waals surface area contributed by atoms with E-state index in [1.165, 1.54) is 11.5 Å². The standard InChI is InChI=1S/C15H21N2O5P/c1-11(18)22-14-6-4-5-13-15(14)12(7-8-16(2)3)9-17(13)10-23(19,20)21/h4-6,9H,7-8,10H2,1-3H3,(H2,19,20,21). The van der Waals surface area contributed by atoms with Crippen molar-refractivity contribution in [2.24, 2.45) is 0 Å². The lowest BCUT2D eigenvalue weighted by atomic mass is 10.1. The van der Waals surface area contributed by atoms with Gasteiger partial charge in [-0.25, -0.2) is 0 Å². The third-order valence-electron chi connectivity index (χ3n) is 3.37. The molecule has 2 rings (SSSR count). The van der Waals surface area contributed by atoms with E-state index < -0.39 is 19.9 Å². The van der Waals surface area contributed by atoms with Crippen LogP contribution in [0, 0.1) is 0 Å². The fourth-order valence-corrected chi connectivity index (χ4v) is 3.12. The summed E-state index contributed by atoms with van der Waals surface area (Å²) in [6.07, 6.45) is 1.99. The number of benzene rings is 1. The second-order valence-corrected chi connectivity index (χ2v) is 7.34. The molecule has 0 unspecified atom stereocenters. The summed E-state index contributed by atoms with van der Waals surface area (Å²) in [4.78, 5) is 31.9. The predicted molar refractivity (Wildman–Crippen MR) is 87.5 cm³/mol. The Morgan fingerprint density at radius 2 is 2.04 bits per heavy atom. The van der Waals surface area contributed by atoms with Gasteiger partial charge in [0.2, 0.25) is 0 Å². The van der Waals surface area contributed by atoms with Gasteiger partial charge >= 0.3 is 13.6 Å². The fraction of sp³-hybridized carbons (Fsp3) is 0.400. The second kappa shape index (κ2) is 6.84. The van der Waals surface area contributed by atoms with Crippen LogP contribution in [0.1, 0.15) is 12.5 Å². The van der Waals surface area contributed by atoms with E-state index in [2.05, 4.69) is 0 Å². The summed E-state index contributed by atoms with van der Waals surface area (Å²) in [5.74, 6) is -0.0213. The summed E-state index contributed by atoms with van der Waals surface area (Å²) in [5.41, 5.74) is 1.53. The Morgan fingerprint density at radius 1 is 1.35 bits per heavy atom. The van der Waals surface area contributed by atoms with Crippen LogP contribution in [0.3, 0.4) is 0 Å². The SMILES string of the molecule is CC(=O)Oc1cccc2c1c(CCN(C)C)cn2CP(=O)(O)O. The van der Waals surface area contributed by atoms with Gasteiger partial charge < -0.3 is 24.0 Å². The molecule has 0 aliphatic heterocycles. The molecule has 0 radical (unpaired) electrons. The first-order valence-electron chi connectivity index (χ1n) is 7.16. The number of carbonyl (C=O) groups excluding carboxylic acids is 1. The van der Waals surface area contributed by atoms with E-state index in [0.717, 1.165) is 17.5 Å². The summed E-state index contributed by atoms with van der Waals surface area (Å²) in [5, 5.41) is 0.720. The summed E-state index contributed by atoms with van der Waals surface area (Å²) in [6, 6.07) is 5.15. The zero-order chi connectivity index (χ0) is 17.2. The van der Waals surface area contributed by atoms with E-state index in [-0.39, 0.29) is 0 Å². The normalized spacial score (nSPS) is 12.1. The Labute approximate surface area is 134 Å². The maximum Gasteiger partial charge on any atom is 0.345 e. The molecule has 0 spiro atoms. The molecule has 0 atom stereocenters. The minimum atomic E-state index is -4.21. The van der Waals surface area contributed by atoms with E-state index in [9.17, 15) is 19.1 Å². The molecular formula is C15H21N2O5P. The largest absolute Gasteiger partial charge is 0.426 e. The summed E-state index contributed by atoms with van der Waals surface area (Å²) in [7, 11) is -0.322. The van der Waals surface area contributed by atoms with Crippen LogP contribution in [-0.4, -0.2) is 45.9 Å². The number of ether oxygens (including phenoxy) is 1. The van der Waals surface area contributed by atoms with Crippen molar-refractivity contribution in [3.05, 3.63) is 30.0 Å². The number of hydrogen-bond acceptors (Lipinski definition) is 4. The quantitative estimate of drug-likeness (QED) is 0.473. The number of likely N-dealkylation sites (N-methyl/N-ethyl adjacent to an activating group) is 1. The topological polar surface area (TPSA) is 92.0 Å². The molecule has 8 heteroatoms. The van der Waals surface area contributed by atoms with Gasteiger partial charge in [-0.3, -0.25) is 9.36 Å². The van der Waals surface area contributed by atoms with Crippen LogP contribution in [0.4, 0.5) is 0 Å². The van der Waals surface area contributed by atoms with Crippen molar-refractivity contribution in [1.29, 1.82) is 0 Å². The van der Waals surface area contributed by atoms with Gasteiger partial charge in [-0.05, 0) is 38.2 Å². The zero-order valence-electron chi connectivity index (χ0n) is 13.4. The lowest BCUT2D eigenvalue weighted by molar-refractivity contribution is -0.131. The molecule has 2 N–H and O–H groups in total. The molecular weight excluding hydrogens is 319 g/mol. The third kappa shape index (κ3) is 4.65.